The SMILES string of the molecule is CC(C)(C)C1C(=O)C2C1SC(C)(C)C2C(=O)O. The van der Waals surface area contributed by atoms with Crippen molar-refractivity contribution in [3.05, 3.63) is 0 Å². The van der Waals surface area contributed by atoms with Crippen LogP contribution in [0.3, 0.4) is 0 Å². The molecule has 1 N–H and O–H groups in total. The number of carbonyl (C=O) groups excluding carboxylic acids is 1. The van der Waals surface area contributed by atoms with Gasteiger partial charge in [-0.3, -0.25) is 9.59 Å². The molecule has 0 bridgehead atoms. The molecule has 1 aliphatic carbocycles. The summed E-state index contributed by atoms with van der Waals surface area (Å²) in [6, 6.07) is 0. The van der Waals surface area contributed by atoms with Crippen molar-refractivity contribution in [3.63, 3.8) is 0 Å². The van der Waals surface area contributed by atoms with Crippen LogP contribution in [0.25, 0.3) is 0 Å². The van der Waals surface area contributed by atoms with Crippen molar-refractivity contribution in [3.8, 4) is 0 Å². The van der Waals surface area contributed by atoms with E-state index in [0.29, 0.717) is 0 Å². The van der Waals surface area contributed by atoms with Gasteiger partial charge < -0.3 is 5.11 Å². The maximum atomic E-state index is 12.2. The van der Waals surface area contributed by atoms with Gasteiger partial charge in [0.25, 0.3) is 0 Å². The van der Waals surface area contributed by atoms with Gasteiger partial charge in [0.15, 0.2) is 0 Å². The first kappa shape index (κ1) is 12.9. The Balaban J connectivity index is 2.31. The highest BCUT2D eigenvalue weighted by Crippen LogP contribution is 2.63. The minimum atomic E-state index is -0.823. The van der Waals surface area contributed by atoms with Crippen molar-refractivity contribution in [2.24, 2.45) is 23.2 Å². The van der Waals surface area contributed by atoms with Crippen molar-refractivity contribution in [2.75, 3.05) is 0 Å². The molecule has 0 aromatic heterocycles. The summed E-state index contributed by atoms with van der Waals surface area (Å²) in [6.45, 7) is 10.1. The average molecular weight is 256 g/mol. The van der Waals surface area contributed by atoms with E-state index in [0.717, 1.165) is 0 Å². The summed E-state index contributed by atoms with van der Waals surface area (Å²) in [7, 11) is 0. The second-order valence-electron chi connectivity index (χ2n) is 6.77. The number of Topliss-reactive ketones (excluding diaryl/α,β-unsaturated/α-hetero) is 1. The summed E-state index contributed by atoms with van der Waals surface area (Å²) in [5, 5.41) is 9.51. The lowest BCUT2D eigenvalue weighted by atomic mass is 9.57. The first-order valence-electron chi connectivity index (χ1n) is 6.02. The summed E-state index contributed by atoms with van der Waals surface area (Å²) in [4.78, 5) is 23.6. The van der Waals surface area contributed by atoms with Gasteiger partial charge in [-0.25, -0.2) is 0 Å². The fourth-order valence-electron chi connectivity index (χ4n) is 3.34. The van der Waals surface area contributed by atoms with Crippen LogP contribution in [-0.2, 0) is 9.59 Å². The van der Waals surface area contributed by atoms with Gasteiger partial charge in [0.2, 0.25) is 0 Å². The third-order valence-electron chi connectivity index (χ3n) is 4.06. The smallest absolute Gasteiger partial charge is 0.308 e. The monoisotopic (exact) mass is 256 g/mol. The number of ketones is 1. The molecule has 17 heavy (non-hydrogen) atoms. The number of hydrogen-bond acceptors (Lipinski definition) is 3. The van der Waals surface area contributed by atoms with Crippen LogP contribution >= 0.6 is 11.8 Å². The Morgan fingerprint density at radius 2 is 1.88 bits per heavy atom. The lowest BCUT2D eigenvalue weighted by Gasteiger charge is -2.46. The van der Waals surface area contributed by atoms with Crippen molar-refractivity contribution in [2.45, 2.75) is 44.6 Å². The molecule has 0 radical (unpaired) electrons. The van der Waals surface area contributed by atoms with E-state index in [2.05, 4.69) is 20.8 Å². The minimum Gasteiger partial charge on any atom is -0.481 e. The zero-order chi connectivity index (χ0) is 13.2. The molecule has 0 aromatic rings. The van der Waals surface area contributed by atoms with E-state index in [1.54, 1.807) is 11.8 Å². The lowest BCUT2D eigenvalue weighted by molar-refractivity contribution is -0.155. The second kappa shape index (κ2) is 3.50. The minimum absolute atomic E-state index is 0.0149. The molecule has 0 spiro atoms. The number of hydrogen-bond donors (Lipinski definition) is 1. The van der Waals surface area contributed by atoms with Crippen LogP contribution in [-0.4, -0.2) is 26.9 Å². The molecule has 1 aliphatic heterocycles. The fourth-order valence-corrected chi connectivity index (χ4v) is 5.55. The number of carbonyl (C=O) groups is 2. The normalized spacial score (nSPS) is 39.7. The van der Waals surface area contributed by atoms with Crippen LogP contribution < -0.4 is 0 Å². The van der Waals surface area contributed by atoms with E-state index in [-0.39, 0.29) is 33.0 Å². The maximum Gasteiger partial charge on any atom is 0.308 e. The molecule has 4 heteroatoms. The second-order valence-corrected chi connectivity index (χ2v) is 8.61. The number of thioether (sulfide) groups is 1. The fraction of sp³-hybridized carbons (Fsp3) is 0.846. The summed E-state index contributed by atoms with van der Waals surface area (Å²) >= 11 is 1.69. The maximum absolute atomic E-state index is 12.2. The Labute approximate surface area is 106 Å². The Hall–Kier alpha value is -0.510. The van der Waals surface area contributed by atoms with E-state index < -0.39 is 11.9 Å². The molecule has 1 heterocycles. The number of fused-ring (bicyclic) bond motifs is 1. The molecular formula is C13H20O3S. The third kappa shape index (κ3) is 1.72. The number of aliphatic carboxylic acids is 1. The quantitative estimate of drug-likeness (QED) is 0.783. The van der Waals surface area contributed by atoms with Crippen molar-refractivity contribution in [1.82, 2.24) is 0 Å². The van der Waals surface area contributed by atoms with Crippen LogP contribution in [0.1, 0.15) is 34.6 Å². The van der Waals surface area contributed by atoms with E-state index in [9.17, 15) is 14.7 Å². The Morgan fingerprint density at radius 3 is 2.29 bits per heavy atom. The largest absolute Gasteiger partial charge is 0.481 e. The topological polar surface area (TPSA) is 54.4 Å². The standard InChI is InChI=1S/C13H20O3S/c1-12(2,3)8-9(14)6-7(11(15)16)13(4,5)17-10(6)8/h6-8,10H,1-5H3,(H,15,16). The molecule has 1 saturated heterocycles. The van der Waals surface area contributed by atoms with Gasteiger partial charge in [-0.05, 0) is 19.3 Å². The van der Waals surface area contributed by atoms with E-state index in [1.165, 1.54) is 0 Å². The molecule has 4 unspecified atom stereocenters. The van der Waals surface area contributed by atoms with Crippen LogP contribution in [0.15, 0.2) is 0 Å². The highest BCUT2D eigenvalue weighted by Gasteiger charge is 2.67. The van der Waals surface area contributed by atoms with E-state index in [1.807, 2.05) is 13.8 Å². The molecule has 2 fully saturated rings. The molecule has 0 amide bonds. The zero-order valence-corrected chi connectivity index (χ0v) is 11.8. The summed E-state index contributed by atoms with van der Waals surface area (Å²) in [5.41, 5.74) is -0.0608. The predicted octanol–water partition coefficient (Wildman–Crippen LogP) is 2.44. The molecule has 0 aromatic carbocycles. The Kier molecular flexibility index (Phi) is 2.66. The Bertz CT molecular complexity index is 381. The van der Waals surface area contributed by atoms with Crippen LogP contribution in [0.4, 0.5) is 0 Å². The average Bonchev–Trinajstić information content (AvgIpc) is 2.31. The van der Waals surface area contributed by atoms with Gasteiger partial charge in [-0.2, -0.15) is 0 Å². The highest BCUT2D eigenvalue weighted by atomic mass is 32.2. The number of carboxylic acid groups (broad SMARTS) is 1. The molecule has 4 atom stereocenters. The highest BCUT2D eigenvalue weighted by molar-refractivity contribution is 8.01. The van der Waals surface area contributed by atoms with Crippen molar-refractivity contribution < 1.29 is 14.7 Å². The van der Waals surface area contributed by atoms with Crippen molar-refractivity contribution in [1.29, 1.82) is 0 Å². The van der Waals surface area contributed by atoms with E-state index >= 15 is 0 Å². The van der Waals surface area contributed by atoms with Crippen LogP contribution in [0.5, 0.6) is 0 Å². The van der Waals surface area contributed by atoms with Crippen LogP contribution in [0.2, 0.25) is 0 Å². The third-order valence-corrected chi connectivity index (χ3v) is 5.76. The van der Waals surface area contributed by atoms with E-state index in [4.69, 9.17) is 0 Å². The molecule has 1 saturated carbocycles. The zero-order valence-electron chi connectivity index (χ0n) is 11.0. The lowest BCUT2D eigenvalue weighted by Crippen LogP contribution is -2.56. The first-order valence-corrected chi connectivity index (χ1v) is 6.89. The first-order chi connectivity index (χ1) is 7.57. The molecule has 2 aliphatic rings. The van der Waals surface area contributed by atoms with Crippen LogP contribution in [0, 0.1) is 23.2 Å². The van der Waals surface area contributed by atoms with Gasteiger partial charge in [0, 0.05) is 21.8 Å². The Morgan fingerprint density at radius 1 is 1.35 bits per heavy atom. The molecule has 3 nitrogen and oxygen atoms in total. The van der Waals surface area contributed by atoms with Gasteiger partial charge in [0.05, 0.1) is 5.92 Å². The van der Waals surface area contributed by atoms with Crippen molar-refractivity contribution >= 4 is 23.5 Å². The summed E-state index contributed by atoms with van der Waals surface area (Å²) < 4.78 is -0.336. The predicted molar refractivity (Wildman–Crippen MR) is 68.0 cm³/mol. The van der Waals surface area contributed by atoms with Gasteiger partial charge in [0.1, 0.15) is 5.78 Å². The summed E-state index contributed by atoms with van der Waals surface area (Å²) in [5.74, 6) is -1.44. The summed E-state index contributed by atoms with van der Waals surface area (Å²) in [6.07, 6.45) is 0. The molecule has 96 valence electrons. The molecule has 2 rings (SSSR count). The van der Waals surface area contributed by atoms with Gasteiger partial charge in [-0.1, -0.05) is 20.8 Å². The number of rotatable bonds is 1. The number of carboxylic acids is 1. The molecular weight excluding hydrogens is 236 g/mol. The van der Waals surface area contributed by atoms with Gasteiger partial charge in [-0.15, -0.1) is 11.8 Å². The van der Waals surface area contributed by atoms with Gasteiger partial charge >= 0.3 is 5.97 Å².